The van der Waals surface area contributed by atoms with Crippen LogP contribution in [0.3, 0.4) is 0 Å². The average molecular weight is 186 g/mol. The molecule has 0 amide bonds. The summed E-state index contributed by atoms with van der Waals surface area (Å²) in [6.45, 7) is 1.32. The molecule has 0 saturated heterocycles. The summed E-state index contributed by atoms with van der Waals surface area (Å²) in [6, 6.07) is 1.40. The monoisotopic (exact) mass is 186 g/mol. The zero-order valence-corrected chi connectivity index (χ0v) is 6.68. The fraction of sp³-hybridized carbons (Fsp3) is 0.250. The van der Waals surface area contributed by atoms with E-state index in [2.05, 4.69) is 4.98 Å². The molecule has 2 nitrogen and oxygen atoms in total. The van der Waals surface area contributed by atoms with E-state index in [4.69, 9.17) is 5.26 Å². The van der Waals surface area contributed by atoms with E-state index in [-0.39, 0.29) is 5.56 Å². The second-order valence-electron chi connectivity index (χ2n) is 2.43. The van der Waals surface area contributed by atoms with Crippen molar-refractivity contribution in [1.29, 1.82) is 5.26 Å². The molecule has 13 heavy (non-hydrogen) atoms. The largest absolute Gasteiger partial charge is 0.267 e. The van der Waals surface area contributed by atoms with Crippen molar-refractivity contribution in [2.45, 2.75) is 13.3 Å². The first kappa shape index (κ1) is 9.52. The van der Waals surface area contributed by atoms with Gasteiger partial charge in [0.15, 0.2) is 11.5 Å². The highest BCUT2D eigenvalue weighted by atomic mass is 19.3. The lowest BCUT2D eigenvalue weighted by Crippen LogP contribution is -2.00. The van der Waals surface area contributed by atoms with Crippen molar-refractivity contribution in [1.82, 2.24) is 4.98 Å². The Hall–Kier alpha value is -1.57. The number of nitrogens with zero attached hydrogens (tertiary/aromatic N) is 2. The van der Waals surface area contributed by atoms with Gasteiger partial charge in [0.2, 0.25) is 0 Å². The van der Waals surface area contributed by atoms with Crippen LogP contribution in [0.1, 0.15) is 23.2 Å². The molecule has 0 saturated carbocycles. The number of aryl methyl sites for hydroxylation is 1. The minimum atomic E-state index is -2.92. The summed E-state index contributed by atoms with van der Waals surface area (Å²) < 4.78 is 37.5. The van der Waals surface area contributed by atoms with Gasteiger partial charge in [-0.1, -0.05) is 0 Å². The Labute approximate surface area is 72.6 Å². The van der Waals surface area contributed by atoms with Crippen LogP contribution in [0.15, 0.2) is 6.20 Å². The predicted molar refractivity (Wildman–Crippen MR) is 38.6 cm³/mol. The maximum atomic E-state index is 13.0. The summed E-state index contributed by atoms with van der Waals surface area (Å²) in [7, 11) is 0. The van der Waals surface area contributed by atoms with E-state index in [0.717, 1.165) is 6.20 Å². The molecule has 0 aliphatic heterocycles. The molecule has 0 aliphatic rings. The van der Waals surface area contributed by atoms with E-state index in [9.17, 15) is 13.2 Å². The fourth-order valence-electron chi connectivity index (χ4n) is 0.934. The van der Waals surface area contributed by atoms with Crippen LogP contribution < -0.4 is 0 Å². The molecule has 0 N–H and O–H groups in total. The molecule has 0 aliphatic carbocycles. The van der Waals surface area contributed by atoms with Crippen LogP contribution >= 0.6 is 0 Å². The highest BCUT2D eigenvalue weighted by Crippen LogP contribution is 2.25. The molecule has 0 atom stereocenters. The number of rotatable bonds is 1. The van der Waals surface area contributed by atoms with Crippen LogP contribution in [-0.4, -0.2) is 4.98 Å². The van der Waals surface area contributed by atoms with Crippen molar-refractivity contribution < 1.29 is 13.2 Å². The van der Waals surface area contributed by atoms with Crippen molar-refractivity contribution >= 4 is 0 Å². The van der Waals surface area contributed by atoms with Crippen LogP contribution in [-0.2, 0) is 0 Å². The average Bonchev–Trinajstić information content (AvgIpc) is 2.04. The van der Waals surface area contributed by atoms with Crippen LogP contribution in [0.5, 0.6) is 0 Å². The van der Waals surface area contributed by atoms with Gasteiger partial charge in [0.1, 0.15) is 6.07 Å². The number of hydrogen-bond donors (Lipinski definition) is 0. The summed E-state index contributed by atoms with van der Waals surface area (Å²) >= 11 is 0. The maximum Gasteiger partial charge on any atom is 0.267 e. The van der Waals surface area contributed by atoms with Crippen molar-refractivity contribution in [2.75, 3.05) is 0 Å². The quantitative estimate of drug-likeness (QED) is 0.674. The Kier molecular flexibility index (Phi) is 2.52. The molecule has 1 rings (SSSR count). The van der Waals surface area contributed by atoms with Gasteiger partial charge in [0.25, 0.3) is 6.43 Å². The van der Waals surface area contributed by atoms with E-state index < -0.39 is 23.5 Å². The van der Waals surface area contributed by atoms with E-state index in [1.165, 1.54) is 13.0 Å². The minimum Gasteiger partial charge on any atom is -0.242 e. The SMILES string of the molecule is Cc1cnc(C#N)c(F)c1C(F)F. The number of halogens is 3. The first-order valence-corrected chi connectivity index (χ1v) is 3.41. The third-order valence-corrected chi connectivity index (χ3v) is 1.58. The highest BCUT2D eigenvalue weighted by molar-refractivity contribution is 5.34. The van der Waals surface area contributed by atoms with Gasteiger partial charge in [-0.15, -0.1) is 0 Å². The van der Waals surface area contributed by atoms with E-state index in [0.29, 0.717) is 0 Å². The molecular weight excluding hydrogens is 181 g/mol. The molecule has 0 spiro atoms. The zero-order chi connectivity index (χ0) is 10.0. The van der Waals surface area contributed by atoms with Crippen LogP contribution in [0.25, 0.3) is 0 Å². The lowest BCUT2D eigenvalue weighted by molar-refractivity contribution is 0.145. The molecular formula is C8H5F3N2. The summed E-state index contributed by atoms with van der Waals surface area (Å²) in [6.07, 6.45) is -1.86. The highest BCUT2D eigenvalue weighted by Gasteiger charge is 2.19. The zero-order valence-electron chi connectivity index (χ0n) is 6.68. The molecule has 0 bridgehead atoms. The third kappa shape index (κ3) is 1.61. The minimum absolute atomic E-state index is 0.0477. The Balaban J connectivity index is 3.41. The smallest absolute Gasteiger partial charge is 0.242 e. The lowest BCUT2D eigenvalue weighted by Gasteiger charge is -2.05. The molecule has 0 fully saturated rings. The van der Waals surface area contributed by atoms with Crippen molar-refractivity contribution in [3.8, 4) is 6.07 Å². The van der Waals surface area contributed by atoms with Crippen molar-refractivity contribution in [3.63, 3.8) is 0 Å². The number of aromatic nitrogens is 1. The maximum absolute atomic E-state index is 13.0. The number of hydrogen-bond acceptors (Lipinski definition) is 2. The van der Waals surface area contributed by atoms with E-state index in [1.54, 1.807) is 0 Å². The Morgan fingerprint density at radius 2 is 2.15 bits per heavy atom. The summed E-state index contributed by atoms with van der Waals surface area (Å²) in [5.74, 6) is -1.22. The molecule has 0 aromatic carbocycles. The van der Waals surface area contributed by atoms with Crippen molar-refractivity contribution in [2.24, 2.45) is 0 Å². The van der Waals surface area contributed by atoms with Gasteiger partial charge in [-0.2, -0.15) is 5.26 Å². The van der Waals surface area contributed by atoms with Gasteiger partial charge < -0.3 is 0 Å². The lowest BCUT2D eigenvalue weighted by atomic mass is 10.1. The second-order valence-corrected chi connectivity index (χ2v) is 2.43. The van der Waals surface area contributed by atoms with E-state index in [1.807, 2.05) is 0 Å². The molecule has 1 aromatic heterocycles. The summed E-state index contributed by atoms with van der Waals surface area (Å²) in [5.41, 5.74) is -1.29. The Bertz CT molecular complexity index is 368. The number of nitriles is 1. The first-order valence-electron chi connectivity index (χ1n) is 3.41. The normalized spacial score (nSPS) is 10.2. The molecule has 0 radical (unpaired) electrons. The predicted octanol–water partition coefficient (Wildman–Crippen LogP) is 2.34. The second kappa shape index (κ2) is 3.44. The van der Waals surface area contributed by atoms with Crippen LogP contribution in [0.2, 0.25) is 0 Å². The Morgan fingerprint density at radius 3 is 2.62 bits per heavy atom. The third-order valence-electron chi connectivity index (χ3n) is 1.58. The number of alkyl halides is 2. The van der Waals surface area contributed by atoms with Gasteiger partial charge in [0, 0.05) is 6.20 Å². The molecule has 1 aromatic rings. The molecule has 68 valence electrons. The first-order chi connectivity index (χ1) is 6.07. The van der Waals surface area contributed by atoms with Gasteiger partial charge in [-0.25, -0.2) is 18.2 Å². The van der Waals surface area contributed by atoms with Crippen LogP contribution in [0, 0.1) is 24.1 Å². The topological polar surface area (TPSA) is 36.7 Å². The van der Waals surface area contributed by atoms with Crippen LogP contribution in [0.4, 0.5) is 13.2 Å². The summed E-state index contributed by atoms with van der Waals surface area (Å²) in [4.78, 5) is 3.37. The van der Waals surface area contributed by atoms with E-state index >= 15 is 0 Å². The van der Waals surface area contributed by atoms with Gasteiger partial charge in [0.05, 0.1) is 5.56 Å². The standard InChI is InChI=1S/C8H5F3N2/c1-4-3-13-5(2-12)7(9)6(4)8(10)11/h3,8H,1H3. The van der Waals surface area contributed by atoms with Crippen molar-refractivity contribution in [3.05, 3.63) is 28.8 Å². The molecule has 1 heterocycles. The van der Waals surface area contributed by atoms with Gasteiger partial charge in [-0.3, -0.25) is 0 Å². The van der Waals surface area contributed by atoms with Gasteiger partial charge in [-0.05, 0) is 12.5 Å². The molecule has 0 unspecified atom stereocenters. The summed E-state index contributed by atoms with van der Waals surface area (Å²) in [5, 5.41) is 8.32. The fourth-order valence-corrected chi connectivity index (χ4v) is 0.934. The molecule has 5 heteroatoms. The Morgan fingerprint density at radius 1 is 1.54 bits per heavy atom. The van der Waals surface area contributed by atoms with Gasteiger partial charge >= 0.3 is 0 Å². The number of pyridine rings is 1.